The third kappa shape index (κ3) is 6.91. The van der Waals surface area contributed by atoms with Crippen LogP contribution < -0.4 is 16.0 Å². The van der Waals surface area contributed by atoms with Gasteiger partial charge in [-0.3, -0.25) is 9.59 Å². The maximum absolute atomic E-state index is 13.2. The summed E-state index contributed by atoms with van der Waals surface area (Å²) in [6.45, 7) is 3.67. The van der Waals surface area contributed by atoms with Crippen molar-refractivity contribution in [3.8, 4) is 0 Å². The van der Waals surface area contributed by atoms with Crippen molar-refractivity contribution < 1.29 is 23.5 Å². The van der Waals surface area contributed by atoms with Crippen molar-refractivity contribution in [2.45, 2.75) is 32.4 Å². The number of ether oxygens (including phenoxy) is 1. The first-order valence-electron chi connectivity index (χ1n) is 9.09. The van der Waals surface area contributed by atoms with E-state index in [1.54, 1.807) is 18.2 Å². The molecule has 3 N–H and O–H groups in total. The van der Waals surface area contributed by atoms with Gasteiger partial charge in [-0.15, -0.1) is 0 Å². The minimum atomic E-state index is -0.698. The molecule has 0 radical (unpaired) electrons. The molecule has 0 spiro atoms. The van der Waals surface area contributed by atoms with Gasteiger partial charge in [0.25, 0.3) is 5.91 Å². The van der Waals surface area contributed by atoms with E-state index in [-0.39, 0.29) is 18.5 Å². The molecule has 8 heteroatoms. The van der Waals surface area contributed by atoms with Crippen molar-refractivity contribution in [3.63, 3.8) is 0 Å². The Morgan fingerprint density at radius 3 is 2.34 bits per heavy atom. The Morgan fingerprint density at radius 2 is 1.72 bits per heavy atom. The molecule has 154 valence electrons. The van der Waals surface area contributed by atoms with E-state index in [9.17, 15) is 18.8 Å². The first-order valence-corrected chi connectivity index (χ1v) is 9.09. The first-order chi connectivity index (χ1) is 13.8. The van der Waals surface area contributed by atoms with Crippen molar-refractivity contribution in [2.24, 2.45) is 0 Å². The Hall–Kier alpha value is -3.42. The largest absolute Gasteiger partial charge is 0.469 e. The van der Waals surface area contributed by atoms with Gasteiger partial charge < -0.3 is 20.7 Å². The van der Waals surface area contributed by atoms with Gasteiger partial charge >= 0.3 is 12.0 Å². The SMILES string of the molecule is COC(=O)CC(NC(=O)c1cccc(NC(=O)NC(C)C)c1)c1ccc(F)cc1. The van der Waals surface area contributed by atoms with Crippen LogP contribution in [-0.4, -0.2) is 31.1 Å². The fourth-order valence-corrected chi connectivity index (χ4v) is 2.61. The zero-order valence-corrected chi connectivity index (χ0v) is 16.5. The van der Waals surface area contributed by atoms with Gasteiger partial charge in [-0.25, -0.2) is 9.18 Å². The van der Waals surface area contributed by atoms with E-state index in [0.29, 0.717) is 16.8 Å². The van der Waals surface area contributed by atoms with Crippen molar-refractivity contribution in [3.05, 3.63) is 65.5 Å². The van der Waals surface area contributed by atoms with Crippen molar-refractivity contribution >= 4 is 23.6 Å². The summed E-state index contributed by atoms with van der Waals surface area (Å²) in [5.74, 6) is -1.38. The first kappa shape index (κ1) is 21.9. The minimum Gasteiger partial charge on any atom is -0.469 e. The van der Waals surface area contributed by atoms with E-state index in [0.717, 1.165) is 0 Å². The Balaban J connectivity index is 2.16. The summed E-state index contributed by atoms with van der Waals surface area (Å²) in [7, 11) is 1.25. The molecule has 0 aliphatic rings. The Labute approximate surface area is 168 Å². The van der Waals surface area contributed by atoms with Crippen LogP contribution in [0.4, 0.5) is 14.9 Å². The van der Waals surface area contributed by atoms with Gasteiger partial charge in [-0.1, -0.05) is 18.2 Å². The second kappa shape index (κ2) is 10.2. The highest BCUT2D eigenvalue weighted by molar-refractivity contribution is 5.97. The minimum absolute atomic E-state index is 0.0312. The van der Waals surface area contributed by atoms with E-state index in [2.05, 4.69) is 20.7 Å². The van der Waals surface area contributed by atoms with Crippen LogP contribution in [0.2, 0.25) is 0 Å². The van der Waals surface area contributed by atoms with Gasteiger partial charge in [-0.2, -0.15) is 0 Å². The number of halogens is 1. The van der Waals surface area contributed by atoms with Crippen LogP contribution in [0.25, 0.3) is 0 Å². The smallest absolute Gasteiger partial charge is 0.319 e. The van der Waals surface area contributed by atoms with E-state index in [1.165, 1.54) is 37.4 Å². The highest BCUT2D eigenvalue weighted by Crippen LogP contribution is 2.20. The molecular formula is C21H24FN3O4. The highest BCUT2D eigenvalue weighted by Gasteiger charge is 2.20. The molecule has 2 aromatic rings. The molecule has 3 amide bonds. The maximum atomic E-state index is 13.2. The second-order valence-electron chi connectivity index (χ2n) is 6.69. The number of amides is 3. The van der Waals surface area contributed by atoms with Crippen LogP contribution >= 0.6 is 0 Å². The monoisotopic (exact) mass is 401 g/mol. The van der Waals surface area contributed by atoms with Crippen molar-refractivity contribution in [2.75, 3.05) is 12.4 Å². The molecular weight excluding hydrogens is 377 g/mol. The number of hydrogen-bond donors (Lipinski definition) is 3. The molecule has 0 aromatic heterocycles. The molecule has 2 rings (SSSR count). The summed E-state index contributed by atoms with van der Waals surface area (Å²) in [5.41, 5.74) is 1.31. The number of hydrogen-bond acceptors (Lipinski definition) is 4. The fourth-order valence-electron chi connectivity index (χ4n) is 2.61. The summed E-state index contributed by atoms with van der Waals surface area (Å²) in [6, 6.07) is 10.8. The lowest BCUT2D eigenvalue weighted by atomic mass is 10.0. The molecule has 0 bridgehead atoms. The maximum Gasteiger partial charge on any atom is 0.319 e. The van der Waals surface area contributed by atoms with E-state index >= 15 is 0 Å². The zero-order valence-electron chi connectivity index (χ0n) is 16.5. The zero-order chi connectivity index (χ0) is 21.4. The molecule has 0 aliphatic heterocycles. The normalized spacial score (nSPS) is 11.5. The van der Waals surface area contributed by atoms with Gasteiger partial charge in [-0.05, 0) is 49.7 Å². The van der Waals surface area contributed by atoms with Crippen LogP contribution in [-0.2, 0) is 9.53 Å². The predicted molar refractivity (Wildman–Crippen MR) is 107 cm³/mol. The molecule has 0 fully saturated rings. The molecule has 0 saturated heterocycles. The standard InChI is InChI=1S/C21H24FN3O4/c1-13(2)23-21(28)24-17-6-4-5-15(11-17)20(27)25-18(12-19(26)29-3)14-7-9-16(22)10-8-14/h4-11,13,18H,12H2,1-3H3,(H,25,27)(H2,23,24,28). The van der Waals surface area contributed by atoms with Crippen LogP contribution in [0.3, 0.4) is 0 Å². The average molecular weight is 401 g/mol. The Bertz CT molecular complexity index is 868. The van der Waals surface area contributed by atoms with Crippen LogP contribution in [0.15, 0.2) is 48.5 Å². The van der Waals surface area contributed by atoms with Crippen LogP contribution in [0.5, 0.6) is 0 Å². The van der Waals surface area contributed by atoms with Gasteiger partial charge in [0.2, 0.25) is 0 Å². The molecule has 7 nitrogen and oxygen atoms in total. The third-order valence-corrected chi connectivity index (χ3v) is 3.98. The number of nitrogens with one attached hydrogen (secondary N) is 3. The third-order valence-electron chi connectivity index (χ3n) is 3.98. The number of methoxy groups -OCH3 is 1. The molecule has 0 heterocycles. The fraction of sp³-hybridized carbons (Fsp3) is 0.286. The quantitative estimate of drug-likeness (QED) is 0.620. The van der Waals surface area contributed by atoms with Crippen molar-refractivity contribution in [1.29, 1.82) is 0 Å². The van der Waals surface area contributed by atoms with E-state index < -0.39 is 23.7 Å². The van der Waals surface area contributed by atoms with Gasteiger partial charge in [0.15, 0.2) is 0 Å². The summed E-state index contributed by atoms with van der Waals surface area (Å²) < 4.78 is 17.9. The van der Waals surface area contributed by atoms with E-state index in [1.807, 2.05) is 13.8 Å². The number of urea groups is 1. The number of carbonyl (C=O) groups excluding carboxylic acids is 3. The Morgan fingerprint density at radius 1 is 1.03 bits per heavy atom. The summed E-state index contributed by atoms with van der Waals surface area (Å²) in [5, 5.41) is 8.11. The second-order valence-corrected chi connectivity index (χ2v) is 6.69. The summed E-state index contributed by atoms with van der Waals surface area (Å²) >= 11 is 0. The summed E-state index contributed by atoms with van der Waals surface area (Å²) in [6.07, 6.45) is -0.109. The Kier molecular flexibility index (Phi) is 7.70. The average Bonchev–Trinajstić information content (AvgIpc) is 2.67. The topological polar surface area (TPSA) is 96.5 Å². The lowest BCUT2D eigenvalue weighted by molar-refractivity contribution is -0.141. The van der Waals surface area contributed by atoms with E-state index in [4.69, 9.17) is 0 Å². The number of benzene rings is 2. The lowest BCUT2D eigenvalue weighted by Gasteiger charge is -2.18. The van der Waals surface area contributed by atoms with Gasteiger partial charge in [0, 0.05) is 17.3 Å². The molecule has 29 heavy (non-hydrogen) atoms. The molecule has 1 unspecified atom stereocenters. The lowest BCUT2D eigenvalue weighted by Crippen LogP contribution is -2.34. The highest BCUT2D eigenvalue weighted by atomic mass is 19.1. The number of esters is 1. The van der Waals surface area contributed by atoms with Gasteiger partial charge in [0.1, 0.15) is 5.82 Å². The van der Waals surface area contributed by atoms with Crippen LogP contribution in [0, 0.1) is 5.82 Å². The number of anilines is 1. The van der Waals surface area contributed by atoms with Crippen LogP contribution in [0.1, 0.15) is 42.2 Å². The molecule has 0 aliphatic carbocycles. The summed E-state index contributed by atoms with van der Waals surface area (Å²) in [4.78, 5) is 36.3. The van der Waals surface area contributed by atoms with Gasteiger partial charge in [0.05, 0.1) is 19.6 Å². The number of carbonyl (C=O) groups is 3. The molecule has 0 saturated carbocycles. The molecule has 1 atom stereocenters. The van der Waals surface area contributed by atoms with Crippen molar-refractivity contribution in [1.82, 2.24) is 10.6 Å². The molecule has 2 aromatic carbocycles. The predicted octanol–water partition coefficient (Wildman–Crippen LogP) is 3.39. The number of rotatable bonds is 7.